The molecule has 0 fully saturated rings. The van der Waals surface area contributed by atoms with Crippen LogP contribution in [0.15, 0.2) is 24.3 Å². The lowest BCUT2D eigenvalue weighted by Crippen LogP contribution is -2.59. The summed E-state index contributed by atoms with van der Waals surface area (Å²) < 4.78 is 0. The summed E-state index contributed by atoms with van der Waals surface area (Å²) in [7, 11) is 0. The van der Waals surface area contributed by atoms with Crippen LogP contribution < -0.4 is 27.4 Å². The fraction of sp³-hybridized carbons (Fsp3) is 0.476. The Morgan fingerprint density at radius 3 is 1.94 bits per heavy atom. The van der Waals surface area contributed by atoms with Crippen LogP contribution in [-0.4, -0.2) is 75.7 Å². The van der Waals surface area contributed by atoms with Gasteiger partial charge in [0.25, 0.3) is 0 Å². The number of amides is 4. The largest absolute Gasteiger partial charge is 0.508 e. The average molecular weight is 482 g/mol. The van der Waals surface area contributed by atoms with Gasteiger partial charge >= 0.3 is 5.97 Å². The van der Waals surface area contributed by atoms with Crippen LogP contribution in [0, 0.1) is 5.92 Å². The zero-order chi connectivity index (χ0) is 26.0. The van der Waals surface area contributed by atoms with Gasteiger partial charge in [-0.3, -0.25) is 19.2 Å². The highest BCUT2D eigenvalue weighted by Crippen LogP contribution is 2.12. The molecule has 0 aliphatic rings. The molecule has 0 saturated heterocycles. The van der Waals surface area contributed by atoms with E-state index in [0.717, 1.165) is 0 Å². The molecule has 0 aliphatic heterocycles. The van der Waals surface area contributed by atoms with Crippen molar-refractivity contribution >= 4 is 29.6 Å². The summed E-state index contributed by atoms with van der Waals surface area (Å²) in [4.78, 5) is 60.7. The van der Waals surface area contributed by atoms with E-state index in [2.05, 4.69) is 16.0 Å². The van der Waals surface area contributed by atoms with Gasteiger partial charge in [0.2, 0.25) is 23.6 Å². The maximum Gasteiger partial charge on any atom is 0.326 e. The molecule has 0 bridgehead atoms. The number of aromatic hydroxyl groups is 1. The lowest BCUT2D eigenvalue weighted by molar-refractivity contribution is -0.142. The minimum absolute atomic E-state index is 0.0179. The fourth-order valence-corrected chi connectivity index (χ4v) is 2.89. The van der Waals surface area contributed by atoms with Gasteiger partial charge in [-0.15, -0.1) is 0 Å². The van der Waals surface area contributed by atoms with E-state index in [9.17, 15) is 34.2 Å². The summed E-state index contributed by atoms with van der Waals surface area (Å²) in [6, 6.07) is 0.310. The molecule has 1 aromatic carbocycles. The Bertz CT molecular complexity index is 890. The van der Waals surface area contributed by atoms with Crippen LogP contribution in [0.5, 0.6) is 5.75 Å². The predicted octanol–water partition coefficient (Wildman–Crippen LogP) is -2.68. The predicted molar refractivity (Wildman–Crippen MR) is 119 cm³/mol. The van der Waals surface area contributed by atoms with Gasteiger partial charge in [-0.2, -0.15) is 0 Å². The first-order valence-corrected chi connectivity index (χ1v) is 10.4. The second kappa shape index (κ2) is 13.1. The zero-order valence-corrected chi connectivity index (χ0v) is 18.9. The maximum atomic E-state index is 12.8. The SMILES string of the molecule is CC(C)C(NC(=O)C(N)CO)C(=O)NC(CC(N)=O)C(=O)NC(Cc1ccc(O)cc1)C(=O)O. The Balaban J connectivity index is 2.99. The first-order valence-electron chi connectivity index (χ1n) is 10.4. The first-order chi connectivity index (χ1) is 15.8. The van der Waals surface area contributed by atoms with Gasteiger partial charge in [-0.1, -0.05) is 26.0 Å². The molecule has 10 N–H and O–H groups in total. The molecule has 34 heavy (non-hydrogen) atoms. The number of aliphatic carboxylic acids is 1. The summed E-state index contributed by atoms with van der Waals surface area (Å²) in [5, 5.41) is 34.8. The number of rotatable bonds is 13. The standard InChI is InChI=1S/C21H31N5O8/c1-10(2)17(26-18(30)13(22)9-27)20(32)24-14(8-16(23)29)19(31)25-15(21(33)34)7-11-3-5-12(28)6-4-11/h3-6,10,13-15,17,27-28H,7-9,22H2,1-2H3,(H2,23,29)(H,24,32)(H,25,31)(H,26,30)(H,33,34). The number of carboxylic acid groups (broad SMARTS) is 1. The minimum atomic E-state index is -1.52. The lowest BCUT2D eigenvalue weighted by atomic mass is 10.0. The molecule has 4 unspecified atom stereocenters. The van der Waals surface area contributed by atoms with Crippen molar-refractivity contribution < 1.29 is 39.3 Å². The third-order valence-electron chi connectivity index (χ3n) is 4.81. The van der Waals surface area contributed by atoms with E-state index in [1.54, 1.807) is 13.8 Å². The van der Waals surface area contributed by atoms with Crippen LogP contribution >= 0.6 is 0 Å². The monoisotopic (exact) mass is 481 g/mol. The molecule has 0 heterocycles. The van der Waals surface area contributed by atoms with Crippen molar-refractivity contribution in [2.24, 2.45) is 17.4 Å². The molecule has 13 heteroatoms. The normalized spacial score (nSPS) is 14.4. The number of carboxylic acids is 1. The molecule has 0 aromatic heterocycles. The van der Waals surface area contributed by atoms with Crippen LogP contribution in [0.4, 0.5) is 0 Å². The van der Waals surface area contributed by atoms with Gasteiger partial charge in [-0.25, -0.2) is 4.79 Å². The summed E-state index contributed by atoms with van der Waals surface area (Å²) in [6.45, 7) is 2.56. The number of benzene rings is 1. The number of carbonyl (C=O) groups excluding carboxylic acids is 4. The highest BCUT2D eigenvalue weighted by Gasteiger charge is 2.32. The van der Waals surface area contributed by atoms with Gasteiger partial charge in [0, 0.05) is 6.42 Å². The number of aliphatic hydroxyl groups is 1. The molecule has 0 radical (unpaired) electrons. The molecular weight excluding hydrogens is 450 g/mol. The third kappa shape index (κ3) is 9.03. The topological polar surface area (TPSA) is 234 Å². The summed E-state index contributed by atoms with van der Waals surface area (Å²) in [5.41, 5.74) is 11.1. The van der Waals surface area contributed by atoms with E-state index in [4.69, 9.17) is 16.6 Å². The Kier molecular flexibility index (Phi) is 10.9. The van der Waals surface area contributed by atoms with Crippen molar-refractivity contribution in [2.45, 2.75) is 50.9 Å². The second-order valence-electron chi connectivity index (χ2n) is 8.02. The maximum absolute atomic E-state index is 12.8. The van der Waals surface area contributed by atoms with Crippen molar-refractivity contribution in [1.82, 2.24) is 16.0 Å². The Hall–Kier alpha value is -3.71. The molecule has 1 rings (SSSR count). The highest BCUT2D eigenvalue weighted by atomic mass is 16.4. The first kappa shape index (κ1) is 28.3. The quantitative estimate of drug-likeness (QED) is 0.146. The number of primary amides is 1. The molecule has 4 amide bonds. The number of nitrogens with one attached hydrogen (secondary N) is 3. The van der Waals surface area contributed by atoms with Crippen LogP contribution in [0.3, 0.4) is 0 Å². The van der Waals surface area contributed by atoms with Crippen LogP contribution in [0.25, 0.3) is 0 Å². The van der Waals surface area contributed by atoms with Crippen molar-refractivity contribution in [3.63, 3.8) is 0 Å². The lowest BCUT2D eigenvalue weighted by Gasteiger charge is -2.26. The van der Waals surface area contributed by atoms with Crippen molar-refractivity contribution in [3.8, 4) is 5.75 Å². The van der Waals surface area contributed by atoms with E-state index in [-0.39, 0.29) is 12.2 Å². The van der Waals surface area contributed by atoms with Crippen molar-refractivity contribution in [3.05, 3.63) is 29.8 Å². The van der Waals surface area contributed by atoms with E-state index in [1.165, 1.54) is 24.3 Å². The second-order valence-corrected chi connectivity index (χ2v) is 8.02. The van der Waals surface area contributed by atoms with Crippen molar-refractivity contribution in [2.75, 3.05) is 6.61 Å². The number of nitrogens with two attached hydrogens (primary N) is 2. The number of hydrogen-bond acceptors (Lipinski definition) is 8. The molecule has 4 atom stereocenters. The van der Waals surface area contributed by atoms with E-state index in [0.29, 0.717) is 5.56 Å². The molecular formula is C21H31N5O8. The molecule has 1 aromatic rings. The van der Waals surface area contributed by atoms with E-state index >= 15 is 0 Å². The fourth-order valence-electron chi connectivity index (χ4n) is 2.89. The molecule has 0 spiro atoms. The average Bonchev–Trinajstić information content (AvgIpc) is 2.76. The van der Waals surface area contributed by atoms with Gasteiger partial charge in [0.1, 0.15) is 29.9 Å². The van der Waals surface area contributed by atoms with E-state index < -0.39 is 72.7 Å². The summed E-state index contributed by atoms with van der Waals surface area (Å²) in [5.74, 6) is -5.38. The highest BCUT2D eigenvalue weighted by molar-refractivity contribution is 5.96. The zero-order valence-electron chi connectivity index (χ0n) is 18.9. The minimum Gasteiger partial charge on any atom is -0.508 e. The smallest absolute Gasteiger partial charge is 0.326 e. The van der Waals surface area contributed by atoms with Gasteiger partial charge in [-0.05, 0) is 23.6 Å². The Labute approximate surface area is 195 Å². The van der Waals surface area contributed by atoms with Gasteiger partial charge in [0.05, 0.1) is 13.0 Å². The third-order valence-corrected chi connectivity index (χ3v) is 4.81. The molecule has 0 aliphatic carbocycles. The van der Waals surface area contributed by atoms with Crippen LogP contribution in [-0.2, 0) is 30.4 Å². The Morgan fingerprint density at radius 2 is 1.47 bits per heavy atom. The van der Waals surface area contributed by atoms with Crippen LogP contribution in [0.2, 0.25) is 0 Å². The number of aliphatic hydroxyl groups excluding tert-OH is 1. The number of carbonyl (C=O) groups is 5. The number of phenols is 1. The summed E-state index contributed by atoms with van der Waals surface area (Å²) in [6.07, 6.45) is -0.764. The summed E-state index contributed by atoms with van der Waals surface area (Å²) >= 11 is 0. The van der Waals surface area contributed by atoms with E-state index in [1.807, 2.05) is 0 Å². The van der Waals surface area contributed by atoms with Gasteiger partial charge in [0.15, 0.2) is 0 Å². The number of phenolic OH excluding ortho intramolecular Hbond substituents is 1. The Morgan fingerprint density at radius 1 is 0.912 bits per heavy atom. The molecule has 0 saturated carbocycles. The molecule has 188 valence electrons. The number of hydrogen-bond donors (Lipinski definition) is 8. The van der Waals surface area contributed by atoms with Gasteiger partial charge < -0.3 is 42.7 Å². The molecule has 13 nitrogen and oxygen atoms in total. The van der Waals surface area contributed by atoms with Crippen molar-refractivity contribution in [1.29, 1.82) is 0 Å². The van der Waals surface area contributed by atoms with Crippen LogP contribution in [0.1, 0.15) is 25.8 Å².